The predicted octanol–water partition coefficient (Wildman–Crippen LogP) is 3.04. The molecular weight excluding hydrogens is 334 g/mol. The summed E-state index contributed by atoms with van der Waals surface area (Å²) in [6, 6.07) is 5.21. The number of nitrogens with zero attached hydrogens (tertiary/aromatic N) is 1. The molecule has 0 aromatic heterocycles. The van der Waals surface area contributed by atoms with E-state index in [2.05, 4.69) is 15.9 Å². The van der Waals surface area contributed by atoms with Crippen molar-refractivity contribution in [2.45, 2.75) is 12.8 Å². The monoisotopic (exact) mass is 345 g/mol. The number of hydrogen-bond acceptors (Lipinski definition) is 2. The Bertz CT molecular complexity index is 513. The van der Waals surface area contributed by atoms with E-state index in [0.29, 0.717) is 41.0 Å². The number of hydrogen-bond donors (Lipinski definition) is 1. The fraction of sp³-hybridized carbons (Fsp3) is 0.385. The summed E-state index contributed by atoms with van der Waals surface area (Å²) in [6.45, 7) is 0.914. The van der Waals surface area contributed by atoms with Crippen LogP contribution in [-0.2, 0) is 4.79 Å². The maximum absolute atomic E-state index is 12.3. The average molecular weight is 347 g/mol. The second-order valence-electron chi connectivity index (χ2n) is 4.51. The minimum Gasteiger partial charge on any atom is -0.481 e. The molecule has 102 valence electrons. The highest BCUT2D eigenvalue weighted by atomic mass is 79.9. The highest BCUT2D eigenvalue weighted by Gasteiger charge is 2.28. The molecule has 4 nitrogen and oxygen atoms in total. The zero-order valence-corrected chi connectivity index (χ0v) is 12.4. The Kier molecular flexibility index (Phi) is 4.47. The van der Waals surface area contributed by atoms with Crippen LogP contribution in [0.2, 0.25) is 5.02 Å². The van der Waals surface area contributed by atoms with E-state index in [0.717, 1.165) is 0 Å². The molecule has 0 spiro atoms. The van der Waals surface area contributed by atoms with Gasteiger partial charge in [0.05, 0.1) is 16.5 Å². The molecule has 1 N–H and O–H groups in total. The van der Waals surface area contributed by atoms with Gasteiger partial charge in [0.15, 0.2) is 0 Å². The molecule has 1 aliphatic heterocycles. The van der Waals surface area contributed by atoms with Gasteiger partial charge in [0.2, 0.25) is 0 Å². The van der Waals surface area contributed by atoms with Crippen LogP contribution in [0.15, 0.2) is 22.7 Å². The highest BCUT2D eigenvalue weighted by Crippen LogP contribution is 2.28. The largest absolute Gasteiger partial charge is 0.481 e. The Morgan fingerprint density at radius 1 is 1.32 bits per heavy atom. The lowest BCUT2D eigenvalue weighted by atomic mass is 9.96. The quantitative estimate of drug-likeness (QED) is 0.895. The number of carbonyl (C=O) groups is 2. The average Bonchev–Trinajstić information content (AvgIpc) is 2.41. The molecule has 0 unspecified atom stereocenters. The van der Waals surface area contributed by atoms with Gasteiger partial charge in [-0.2, -0.15) is 0 Å². The molecule has 0 radical (unpaired) electrons. The SMILES string of the molecule is O=C(O)C1CCN(C(=O)c2cccc(Br)c2Cl)CC1. The van der Waals surface area contributed by atoms with Gasteiger partial charge >= 0.3 is 5.97 Å². The molecule has 0 bridgehead atoms. The summed E-state index contributed by atoms with van der Waals surface area (Å²) in [5.74, 6) is -1.27. The standard InChI is InChI=1S/C13H13BrClNO3/c14-10-3-1-2-9(11(10)15)12(17)16-6-4-8(5-7-16)13(18)19/h1-3,8H,4-7H2,(H,18,19). The summed E-state index contributed by atoms with van der Waals surface area (Å²) in [4.78, 5) is 24.9. The first-order valence-corrected chi connectivity index (χ1v) is 7.14. The van der Waals surface area contributed by atoms with E-state index in [4.69, 9.17) is 16.7 Å². The molecule has 2 rings (SSSR count). The summed E-state index contributed by atoms with van der Waals surface area (Å²) in [7, 11) is 0. The van der Waals surface area contributed by atoms with Crippen molar-refractivity contribution >= 4 is 39.4 Å². The molecule has 1 aromatic carbocycles. The molecule has 1 saturated heterocycles. The van der Waals surface area contributed by atoms with E-state index in [1.54, 1.807) is 23.1 Å². The lowest BCUT2D eigenvalue weighted by Gasteiger charge is -2.30. The molecule has 19 heavy (non-hydrogen) atoms. The maximum Gasteiger partial charge on any atom is 0.306 e. The van der Waals surface area contributed by atoms with Crippen molar-refractivity contribution in [2.75, 3.05) is 13.1 Å². The van der Waals surface area contributed by atoms with Gasteiger partial charge in [-0.1, -0.05) is 17.7 Å². The molecule has 1 heterocycles. The van der Waals surface area contributed by atoms with Gasteiger partial charge in [-0.3, -0.25) is 9.59 Å². The number of carbonyl (C=O) groups excluding carboxylic acids is 1. The molecule has 6 heteroatoms. The Morgan fingerprint density at radius 3 is 2.53 bits per heavy atom. The molecule has 1 fully saturated rings. The van der Waals surface area contributed by atoms with Crippen LogP contribution in [0.3, 0.4) is 0 Å². The number of carboxylic acids is 1. The fourth-order valence-corrected chi connectivity index (χ4v) is 2.74. The van der Waals surface area contributed by atoms with Gasteiger partial charge in [-0.05, 0) is 40.9 Å². The Morgan fingerprint density at radius 2 is 1.95 bits per heavy atom. The molecule has 0 saturated carbocycles. The molecule has 0 atom stereocenters. The van der Waals surface area contributed by atoms with Gasteiger partial charge in [0, 0.05) is 17.6 Å². The van der Waals surface area contributed by atoms with Crippen molar-refractivity contribution in [1.29, 1.82) is 0 Å². The van der Waals surface area contributed by atoms with Crippen LogP contribution in [0.25, 0.3) is 0 Å². The third kappa shape index (κ3) is 3.09. The van der Waals surface area contributed by atoms with Gasteiger partial charge in [-0.25, -0.2) is 0 Å². The number of likely N-dealkylation sites (tertiary alicyclic amines) is 1. The van der Waals surface area contributed by atoms with Gasteiger partial charge in [0.25, 0.3) is 5.91 Å². The zero-order chi connectivity index (χ0) is 14.0. The number of amides is 1. The predicted molar refractivity (Wildman–Crippen MR) is 75.4 cm³/mol. The number of carboxylic acid groups (broad SMARTS) is 1. The molecule has 1 aromatic rings. The van der Waals surface area contributed by atoms with Crippen molar-refractivity contribution in [3.63, 3.8) is 0 Å². The van der Waals surface area contributed by atoms with Gasteiger partial charge in [-0.15, -0.1) is 0 Å². The van der Waals surface area contributed by atoms with Gasteiger partial charge < -0.3 is 10.0 Å². The summed E-state index contributed by atoms with van der Waals surface area (Å²) >= 11 is 9.38. The zero-order valence-electron chi connectivity index (χ0n) is 10.1. The molecule has 1 amide bonds. The number of benzene rings is 1. The first-order valence-electron chi connectivity index (χ1n) is 5.97. The maximum atomic E-state index is 12.3. The van der Waals surface area contributed by atoms with E-state index < -0.39 is 5.97 Å². The number of aliphatic carboxylic acids is 1. The molecular formula is C13H13BrClNO3. The van der Waals surface area contributed by atoms with Crippen LogP contribution < -0.4 is 0 Å². The van der Waals surface area contributed by atoms with Crippen molar-refractivity contribution in [2.24, 2.45) is 5.92 Å². The van der Waals surface area contributed by atoms with Crippen molar-refractivity contribution in [1.82, 2.24) is 4.90 Å². The molecule has 1 aliphatic rings. The smallest absolute Gasteiger partial charge is 0.306 e. The van der Waals surface area contributed by atoms with E-state index in [9.17, 15) is 9.59 Å². The first-order chi connectivity index (χ1) is 9.00. The van der Waals surface area contributed by atoms with E-state index in [-0.39, 0.29) is 11.8 Å². The Balaban J connectivity index is 2.09. The lowest BCUT2D eigenvalue weighted by molar-refractivity contribution is -0.143. The minimum atomic E-state index is -0.785. The fourth-order valence-electron chi connectivity index (χ4n) is 2.17. The molecule has 0 aliphatic carbocycles. The number of piperidine rings is 1. The van der Waals surface area contributed by atoms with Gasteiger partial charge in [0.1, 0.15) is 0 Å². The van der Waals surface area contributed by atoms with Crippen LogP contribution in [-0.4, -0.2) is 35.0 Å². The topological polar surface area (TPSA) is 57.6 Å². The van der Waals surface area contributed by atoms with E-state index in [1.807, 2.05) is 0 Å². The number of halogens is 2. The summed E-state index contributed by atoms with van der Waals surface area (Å²) < 4.78 is 0.681. The van der Waals surface area contributed by atoms with Crippen molar-refractivity contribution in [3.8, 4) is 0 Å². The van der Waals surface area contributed by atoms with Crippen LogP contribution in [0, 0.1) is 5.92 Å². The van der Waals surface area contributed by atoms with Crippen molar-refractivity contribution in [3.05, 3.63) is 33.3 Å². The summed E-state index contributed by atoms with van der Waals surface area (Å²) in [6.07, 6.45) is 0.986. The van der Waals surface area contributed by atoms with Crippen LogP contribution in [0.5, 0.6) is 0 Å². The highest BCUT2D eigenvalue weighted by molar-refractivity contribution is 9.10. The number of rotatable bonds is 2. The summed E-state index contributed by atoms with van der Waals surface area (Å²) in [5, 5.41) is 9.33. The second kappa shape index (κ2) is 5.92. The Labute approximate surface area is 124 Å². The first kappa shape index (κ1) is 14.3. The lowest BCUT2D eigenvalue weighted by Crippen LogP contribution is -2.40. The third-order valence-electron chi connectivity index (χ3n) is 3.31. The van der Waals surface area contributed by atoms with Crippen molar-refractivity contribution < 1.29 is 14.7 Å². The van der Waals surface area contributed by atoms with Crippen LogP contribution in [0.4, 0.5) is 0 Å². The third-order valence-corrected chi connectivity index (χ3v) is 4.61. The second-order valence-corrected chi connectivity index (χ2v) is 5.74. The van der Waals surface area contributed by atoms with E-state index in [1.165, 1.54) is 0 Å². The minimum absolute atomic E-state index is 0.143. The van der Waals surface area contributed by atoms with Crippen LogP contribution >= 0.6 is 27.5 Å². The summed E-state index contributed by atoms with van der Waals surface area (Å²) in [5.41, 5.74) is 0.449. The van der Waals surface area contributed by atoms with Crippen LogP contribution in [0.1, 0.15) is 23.2 Å². The van der Waals surface area contributed by atoms with E-state index >= 15 is 0 Å². The Hall–Kier alpha value is -1.07. The normalized spacial score (nSPS) is 16.4.